The lowest BCUT2D eigenvalue weighted by Crippen LogP contribution is -2.37. The first-order valence-corrected chi connectivity index (χ1v) is 30.0. The molecule has 2 aromatic heterocycles. The van der Waals surface area contributed by atoms with Crippen LogP contribution in [0.15, 0.2) is 122 Å². The maximum atomic E-state index is 15.2. The Bertz CT molecular complexity index is 3950. The van der Waals surface area contributed by atoms with Crippen LogP contribution in [0.2, 0.25) is 0 Å². The van der Waals surface area contributed by atoms with Crippen LogP contribution in [0.1, 0.15) is 38.5 Å². The number of fused-ring (bicyclic) bond motifs is 2. The summed E-state index contributed by atoms with van der Waals surface area (Å²) < 4.78 is 95.1. The summed E-state index contributed by atoms with van der Waals surface area (Å²) in [5.41, 5.74) is -0.630. The Morgan fingerprint density at radius 1 is 0.505 bits per heavy atom. The van der Waals surface area contributed by atoms with Gasteiger partial charge < -0.3 is 64.6 Å². The number of carbonyl (C=O) groups is 4. The second kappa shape index (κ2) is 30.5. The molecule has 0 bridgehead atoms. The summed E-state index contributed by atoms with van der Waals surface area (Å²) in [4.78, 5) is 72.8. The Labute approximate surface area is 531 Å². The van der Waals surface area contributed by atoms with Crippen molar-refractivity contribution in [2.24, 2.45) is 10.8 Å². The third kappa shape index (κ3) is 16.8. The number of aliphatic hydroxyl groups excluding tert-OH is 1. The van der Waals surface area contributed by atoms with E-state index in [0.29, 0.717) is 83.6 Å². The minimum Gasteiger partial charge on any atom is -0.504 e. The highest BCUT2D eigenvalue weighted by Gasteiger charge is 2.57. The summed E-state index contributed by atoms with van der Waals surface area (Å²) in [6.45, 7) is 9.69. The van der Waals surface area contributed by atoms with Crippen molar-refractivity contribution in [1.29, 1.82) is 0 Å². The van der Waals surface area contributed by atoms with Crippen molar-refractivity contribution in [3.8, 4) is 46.3 Å². The lowest BCUT2D eigenvalue weighted by atomic mass is 10.0. The molecule has 2 aliphatic heterocycles. The van der Waals surface area contributed by atoms with E-state index < -0.39 is 57.7 Å². The van der Waals surface area contributed by atoms with Crippen LogP contribution in [-0.2, 0) is 28.7 Å². The fraction of sp³-hybridized carbons (Fsp3) is 0.333. The number of morpholine rings is 2. The first-order chi connectivity index (χ1) is 45.1. The SMILES string of the molecule is COc1cc2ncnc(Oc3ccc(NC(=O)C4(C(=O)Nc5ccc(F)cc5)CC4)cc3F)c2cc1O.COc1cc2ncnc(Oc3ccc(NC(=O)C4(C(=O)Nc5ccc(F)cc5)CC4)cc3F)c2cc1OCCCN1CCOCC1.OCCCN1CCOCC1. The predicted octanol–water partition coefficient (Wildman–Crippen LogP) is 9.64. The molecular formula is C66H68F4N10O13. The topological polar surface area (TPSA) is 280 Å². The molecule has 4 aliphatic rings. The highest BCUT2D eigenvalue weighted by Crippen LogP contribution is 2.49. The number of hydrogen-bond donors (Lipinski definition) is 6. The number of aromatic nitrogens is 4. The lowest BCUT2D eigenvalue weighted by Gasteiger charge is -2.26. The average Bonchev–Trinajstić information content (AvgIpc) is 1.22. The van der Waals surface area contributed by atoms with E-state index in [2.05, 4.69) is 51.0 Å². The highest BCUT2D eigenvalue weighted by molar-refractivity contribution is 6.18. The van der Waals surface area contributed by atoms with E-state index in [1.807, 2.05) is 0 Å². The molecule has 0 radical (unpaired) electrons. The number of ether oxygens (including phenoxy) is 7. The minimum absolute atomic E-state index is 0.00744. The minimum atomic E-state index is -1.29. The number of anilines is 4. The van der Waals surface area contributed by atoms with E-state index >= 15 is 4.39 Å². The van der Waals surface area contributed by atoms with Crippen LogP contribution in [0.5, 0.6) is 46.3 Å². The number of phenols is 1. The number of phenolic OH excluding ortho intramolecular Hbond substituents is 1. The molecule has 0 unspecified atom stereocenters. The first kappa shape index (κ1) is 66.1. The Balaban J connectivity index is 0.000000180. The molecule has 0 spiro atoms. The van der Waals surface area contributed by atoms with E-state index in [1.54, 1.807) is 19.2 Å². The number of aromatic hydroxyl groups is 1. The maximum Gasteiger partial charge on any atom is 0.240 e. The van der Waals surface area contributed by atoms with Gasteiger partial charge in [-0.25, -0.2) is 37.5 Å². The maximum absolute atomic E-state index is 15.2. The van der Waals surface area contributed by atoms with E-state index in [1.165, 1.54) is 105 Å². The number of halogens is 4. The van der Waals surface area contributed by atoms with E-state index in [9.17, 15) is 37.5 Å². The van der Waals surface area contributed by atoms with Crippen LogP contribution >= 0.6 is 0 Å². The van der Waals surface area contributed by atoms with Crippen molar-refractivity contribution in [3.63, 3.8) is 0 Å². The van der Waals surface area contributed by atoms with Crippen molar-refractivity contribution >= 4 is 68.2 Å². The Morgan fingerprint density at radius 2 is 0.914 bits per heavy atom. The monoisotopic (exact) mass is 1280 g/mol. The van der Waals surface area contributed by atoms with Crippen LogP contribution in [0.4, 0.5) is 40.3 Å². The predicted molar refractivity (Wildman–Crippen MR) is 334 cm³/mol. The zero-order valence-corrected chi connectivity index (χ0v) is 50.9. The number of carbonyl (C=O) groups excluding carboxylic acids is 4. The summed E-state index contributed by atoms with van der Waals surface area (Å²) in [6, 6.07) is 24.4. The number of nitrogens with zero attached hydrogens (tertiary/aromatic N) is 6. The van der Waals surface area contributed by atoms with Crippen molar-refractivity contribution in [1.82, 2.24) is 29.7 Å². The number of aliphatic hydroxyl groups is 1. The van der Waals surface area contributed by atoms with Gasteiger partial charge in [0.25, 0.3) is 0 Å². The first-order valence-electron chi connectivity index (χ1n) is 30.0. The molecular weight excluding hydrogens is 1220 g/mol. The van der Waals surface area contributed by atoms with Gasteiger partial charge in [-0.05, 0) is 123 Å². The number of methoxy groups -OCH3 is 2. The van der Waals surface area contributed by atoms with Crippen molar-refractivity contribution in [2.75, 3.05) is 114 Å². The van der Waals surface area contributed by atoms with Crippen LogP contribution < -0.4 is 45.0 Å². The van der Waals surface area contributed by atoms with Gasteiger partial charge >= 0.3 is 0 Å². The molecule has 2 saturated carbocycles. The quantitative estimate of drug-likeness (QED) is 0.0209. The molecule has 12 rings (SSSR count). The highest BCUT2D eigenvalue weighted by atomic mass is 19.1. The Kier molecular flexibility index (Phi) is 21.7. The van der Waals surface area contributed by atoms with Gasteiger partial charge in [0.2, 0.25) is 35.4 Å². The normalized spacial score (nSPS) is 15.4. The number of benzene rings is 6. The number of rotatable bonds is 22. The smallest absolute Gasteiger partial charge is 0.240 e. The summed E-state index contributed by atoms with van der Waals surface area (Å²) in [6.07, 6.45) is 5.55. The summed E-state index contributed by atoms with van der Waals surface area (Å²) in [5.74, 6) is -3.76. The van der Waals surface area contributed by atoms with Crippen molar-refractivity contribution < 1.29 is 80.1 Å². The van der Waals surface area contributed by atoms with Crippen LogP contribution in [-0.4, -0.2) is 157 Å². The van der Waals surface area contributed by atoms with Gasteiger partial charge in [0.15, 0.2) is 46.1 Å². The standard InChI is InChI=1S/C33H33F2N5O6.C26H20F2N4O5.C7H15NO2/c1-43-28-19-26-24(18-29(28)45-14-2-11-40-12-15-44-16-13-40)30(37-20-36-26)46-27-8-7-23(17-25(27)35)39-32(42)33(9-10-33)31(41)38-22-5-3-21(34)4-6-22;1-36-22-12-19-17(11-20(22)33)23(30-13-29-19)37-21-7-6-16(10-18(21)28)32-25(35)26(8-9-26)24(34)31-15-4-2-14(27)3-5-15;9-5-1-2-8-3-6-10-7-4-8/h3-8,17-20H,2,9-16H2,1H3,(H,38,41)(H,39,42);2-7,10-13,33H,8-9H2,1H3,(H,31,34)(H,32,35);9H,1-7H2. The fourth-order valence-corrected chi connectivity index (χ4v) is 10.1. The van der Waals surface area contributed by atoms with Crippen LogP contribution in [0.3, 0.4) is 0 Å². The van der Waals surface area contributed by atoms with Crippen LogP contribution in [0.25, 0.3) is 21.8 Å². The molecule has 2 saturated heterocycles. The zero-order valence-electron chi connectivity index (χ0n) is 50.9. The molecule has 8 aromatic rings. The van der Waals surface area contributed by atoms with Gasteiger partial charge in [0.1, 0.15) is 35.1 Å². The largest absolute Gasteiger partial charge is 0.504 e. The summed E-state index contributed by atoms with van der Waals surface area (Å²) in [7, 11) is 2.94. The second-order valence-corrected chi connectivity index (χ2v) is 22.1. The molecule has 4 heterocycles. The average molecular weight is 1290 g/mol. The van der Waals surface area contributed by atoms with Crippen molar-refractivity contribution in [2.45, 2.75) is 38.5 Å². The molecule has 27 heteroatoms. The third-order valence-electron chi connectivity index (χ3n) is 15.7. The van der Waals surface area contributed by atoms with E-state index in [4.69, 9.17) is 38.3 Å². The van der Waals surface area contributed by atoms with Crippen LogP contribution in [0, 0.1) is 34.1 Å². The Morgan fingerprint density at radius 3 is 1.33 bits per heavy atom. The molecule has 488 valence electrons. The van der Waals surface area contributed by atoms with Gasteiger partial charge in [0, 0.05) is 92.9 Å². The van der Waals surface area contributed by atoms with Gasteiger partial charge in [-0.3, -0.25) is 29.0 Å². The Hall–Kier alpha value is -9.80. The molecule has 0 atom stereocenters. The van der Waals surface area contributed by atoms with Gasteiger partial charge in [0.05, 0.1) is 69.1 Å². The van der Waals surface area contributed by atoms with E-state index in [0.717, 1.165) is 90.7 Å². The summed E-state index contributed by atoms with van der Waals surface area (Å²) >= 11 is 0. The summed E-state index contributed by atoms with van der Waals surface area (Å²) in [5, 5.41) is 29.9. The third-order valence-corrected chi connectivity index (χ3v) is 15.7. The molecule has 4 amide bonds. The second-order valence-electron chi connectivity index (χ2n) is 22.1. The van der Waals surface area contributed by atoms with Gasteiger partial charge in [-0.1, -0.05) is 0 Å². The molecule has 93 heavy (non-hydrogen) atoms. The molecule has 23 nitrogen and oxygen atoms in total. The van der Waals surface area contributed by atoms with Gasteiger partial charge in [-0.15, -0.1) is 0 Å². The number of amides is 4. The number of hydrogen-bond acceptors (Lipinski definition) is 19. The molecule has 6 aromatic carbocycles. The van der Waals surface area contributed by atoms with E-state index in [-0.39, 0.29) is 46.1 Å². The van der Waals surface area contributed by atoms with Crippen molar-refractivity contribution in [3.05, 3.63) is 145 Å². The zero-order chi connectivity index (χ0) is 65.5. The molecule has 2 aliphatic carbocycles. The van der Waals surface area contributed by atoms with Gasteiger partial charge in [-0.2, -0.15) is 0 Å². The number of nitrogens with one attached hydrogen (secondary N) is 4. The fourth-order valence-electron chi connectivity index (χ4n) is 10.1. The lowest BCUT2D eigenvalue weighted by molar-refractivity contribution is -0.132. The molecule has 6 N–H and O–H groups in total. The molecule has 4 fully saturated rings.